The zero-order valence-corrected chi connectivity index (χ0v) is 8.18. The highest BCUT2D eigenvalue weighted by Gasteiger charge is 2.38. The summed E-state index contributed by atoms with van der Waals surface area (Å²) < 4.78 is 0. The lowest BCUT2D eigenvalue weighted by Crippen LogP contribution is -2.28. The molecule has 1 fully saturated rings. The van der Waals surface area contributed by atoms with E-state index in [9.17, 15) is 4.79 Å². The monoisotopic (exact) mass is 201 g/mol. The predicted octanol–water partition coefficient (Wildman–Crippen LogP) is 1.10. The van der Waals surface area contributed by atoms with E-state index in [1.807, 2.05) is 36.4 Å². The third kappa shape index (κ3) is 2.26. The fraction of sp³-hybridized carbons (Fsp3) is 0.273. The number of benzene rings is 1. The minimum absolute atomic E-state index is 0.162. The minimum Gasteiger partial charge on any atom is -0.334 e. The summed E-state index contributed by atoms with van der Waals surface area (Å²) in [7, 11) is 0. The molecule has 2 rings (SSSR count). The van der Waals surface area contributed by atoms with Crippen LogP contribution < -0.4 is 5.32 Å². The van der Waals surface area contributed by atoms with E-state index in [1.54, 1.807) is 0 Å². The summed E-state index contributed by atoms with van der Waals surface area (Å²) in [6.07, 6.45) is 0. The van der Waals surface area contributed by atoms with Gasteiger partial charge in [-0.25, -0.2) is 4.79 Å². The molecule has 0 aromatic heterocycles. The molecule has 76 valence electrons. The van der Waals surface area contributed by atoms with E-state index in [4.69, 9.17) is 5.26 Å². The Hall–Kier alpha value is -2.02. The maximum absolute atomic E-state index is 11.4. The first-order valence-corrected chi connectivity index (χ1v) is 4.79. The van der Waals surface area contributed by atoms with Crippen LogP contribution in [0.25, 0.3) is 0 Å². The fourth-order valence-electron chi connectivity index (χ4n) is 1.35. The Labute approximate surface area is 88.1 Å². The molecule has 15 heavy (non-hydrogen) atoms. The van der Waals surface area contributed by atoms with Crippen molar-refractivity contribution in [1.82, 2.24) is 10.2 Å². The lowest BCUT2D eigenvalue weighted by atomic mass is 10.2. The summed E-state index contributed by atoms with van der Waals surface area (Å²) >= 11 is 0. The number of urea groups is 1. The van der Waals surface area contributed by atoms with Gasteiger partial charge >= 0.3 is 6.03 Å². The first-order valence-electron chi connectivity index (χ1n) is 4.79. The summed E-state index contributed by atoms with van der Waals surface area (Å²) in [5.41, 5.74) is 1.06. The highest BCUT2D eigenvalue weighted by atomic mass is 16.2. The third-order valence-corrected chi connectivity index (χ3v) is 2.31. The van der Waals surface area contributed by atoms with Gasteiger partial charge in [0, 0.05) is 6.54 Å². The van der Waals surface area contributed by atoms with E-state index in [-0.39, 0.29) is 12.1 Å². The number of carbonyl (C=O) groups is 1. The van der Waals surface area contributed by atoms with Crippen molar-refractivity contribution >= 4 is 6.03 Å². The Bertz CT molecular complexity index is 396. The average Bonchev–Trinajstić information content (AvgIpc) is 3.06. The van der Waals surface area contributed by atoms with Gasteiger partial charge in [-0.05, 0) is 5.56 Å². The first-order chi connectivity index (χ1) is 7.31. The van der Waals surface area contributed by atoms with Crippen molar-refractivity contribution in [3.05, 3.63) is 35.9 Å². The van der Waals surface area contributed by atoms with Crippen LogP contribution >= 0.6 is 0 Å². The van der Waals surface area contributed by atoms with Gasteiger partial charge in [-0.3, -0.25) is 0 Å². The third-order valence-electron chi connectivity index (χ3n) is 2.31. The highest BCUT2D eigenvalue weighted by molar-refractivity contribution is 5.77. The van der Waals surface area contributed by atoms with Gasteiger partial charge in [0.15, 0.2) is 0 Å². The van der Waals surface area contributed by atoms with Crippen LogP contribution in [-0.2, 0) is 6.54 Å². The second-order valence-corrected chi connectivity index (χ2v) is 3.44. The van der Waals surface area contributed by atoms with Crippen molar-refractivity contribution < 1.29 is 4.79 Å². The number of nitrogens with one attached hydrogen (secondary N) is 1. The first kappa shape index (κ1) is 9.53. The molecule has 0 saturated carbocycles. The van der Waals surface area contributed by atoms with Crippen LogP contribution in [0.1, 0.15) is 5.56 Å². The molecule has 1 aromatic carbocycles. The summed E-state index contributed by atoms with van der Waals surface area (Å²) in [4.78, 5) is 12.9. The van der Waals surface area contributed by atoms with Gasteiger partial charge in [0.2, 0.25) is 0 Å². The van der Waals surface area contributed by atoms with Crippen LogP contribution in [0.5, 0.6) is 0 Å². The molecule has 1 atom stereocenters. The number of nitriles is 1. The zero-order chi connectivity index (χ0) is 10.7. The van der Waals surface area contributed by atoms with Gasteiger partial charge in [-0.15, -0.1) is 0 Å². The van der Waals surface area contributed by atoms with Gasteiger partial charge < -0.3 is 10.2 Å². The topological polar surface area (TPSA) is 55.9 Å². The lowest BCUT2D eigenvalue weighted by Gasteiger charge is -2.05. The molecule has 1 aliphatic rings. The van der Waals surface area contributed by atoms with E-state index in [0.717, 1.165) is 5.56 Å². The van der Waals surface area contributed by atoms with Crippen molar-refractivity contribution in [2.75, 3.05) is 6.54 Å². The van der Waals surface area contributed by atoms with E-state index >= 15 is 0 Å². The Morgan fingerprint density at radius 3 is 2.87 bits per heavy atom. The van der Waals surface area contributed by atoms with Crippen LogP contribution in [0.15, 0.2) is 30.3 Å². The number of hydrogen-bond acceptors (Lipinski definition) is 2. The number of rotatable bonds is 2. The molecule has 1 heterocycles. The van der Waals surface area contributed by atoms with Crippen molar-refractivity contribution in [2.24, 2.45) is 0 Å². The zero-order valence-electron chi connectivity index (χ0n) is 8.18. The van der Waals surface area contributed by atoms with Crippen LogP contribution in [0.4, 0.5) is 4.79 Å². The van der Waals surface area contributed by atoms with Crippen molar-refractivity contribution in [1.29, 1.82) is 5.26 Å². The number of carbonyl (C=O) groups excluding carboxylic acids is 1. The number of nitrogens with zero attached hydrogens (tertiary/aromatic N) is 2. The minimum atomic E-state index is -0.222. The Morgan fingerprint density at radius 2 is 2.27 bits per heavy atom. The quantitative estimate of drug-likeness (QED) is 0.728. The SMILES string of the molecule is N#CC1CN1C(=O)NCc1ccccc1. The molecule has 0 aliphatic carbocycles. The van der Waals surface area contributed by atoms with E-state index < -0.39 is 0 Å². The van der Waals surface area contributed by atoms with Gasteiger partial charge in [-0.1, -0.05) is 30.3 Å². The maximum atomic E-state index is 11.4. The normalized spacial score (nSPS) is 18.1. The van der Waals surface area contributed by atoms with Crippen LogP contribution in [0.3, 0.4) is 0 Å². The van der Waals surface area contributed by atoms with E-state index in [0.29, 0.717) is 13.1 Å². The molecule has 4 heteroatoms. The Kier molecular flexibility index (Phi) is 2.55. The summed E-state index contributed by atoms with van der Waals surface area (Å²) in [5.74, 6) is 0. The molecular formula is C11H11N3O. The van der Waals surface area contributed by atoms with Crippen molar-refractivity contribution in [3.63, 3.8) is 0 Å². The smallest absolute Gasteiger partial charge is 0.318 e. The predicted molar refractivity (Wildman–Crippen MR) is 54.8 cm³/mol. The second kappa shape index (κ2) is 4.01. The average molecular weight is 201 g/mol. The molecular weight excluding hydrogens is 190 g/mol. The van der Waals surface area contributed by atoms with Gasteiger partial charge in [0.1, 0.15) is 6.04 Å². The molecule has 2 amide bonds. The largest absolute Gasteiger partial charge is 0.334 e. The fourth-order valence-corrected chi connectivity index (χ4v) is 1.35. The van der Waals surface area contributed by atoms with Gasteiger partial charge in [0.05, 0.1) is 12.6 Å². The molecule has 1 N–H and O–H groups in total. The summed E-state index contributed by atoms with van der Waals surface area (Å²) in [6, 6.07) is 11.3. The molecule has 4 nitrogen and oxygen atoms in total. The molecule has 1 unspecified atom stereocenters. The number of amides is 2. The molecule has 1 saturated heterocycles. The van der Waals surface area contributed by atoms with Crippen LogP contribution in [-0.4, -0.2) is 23.5 Å². The van der Waals surface area contributed by atoms with E-state index in [1.165, 1.54) is 4.90 Å². The molecule has 1 aliphatic heterocycles. The van der Waals surface area contributed by atoms with E-state index in [2.05, 4.69) is 5.32 Å². The van der Waals surface area contributed by atoms with Gasteiger partial charge in [-0.2, -0.15) is 5.26 Å². The van der Waals surface area contributed by atoms with Crippen molar-refractivity contribution in [2.45, 2.75) is 12.6 Å². The van der Waals surface area contributed by atoms with Crippen LogP contribution in [0, 0.1) is 11.3 Å². The second-order valence-electron chi connectivity index (χ2n) is 3.44. The van der Waals surface area contributed by atoms with Gasteiger partial charge in [0.25, 0.3) is 0 Å². The highest BCUT2D eigenvalue weighted by Crippen LogP contribution is 2.15. The molecule has 1 aromatic rings. The summed E-state index contributed by atoms with van der Waals surface area (Å²) in [6.45, 7) is 1.06. The Balaban J connectivity index is 1.80. The summed E-state index contributed by atoms with van der Waals surface area (Å²) in [5, 5.41) is 11.3. The maximum Gasteiger partial charge on any atom is 0.318 e. The molecule has 0 radical (unpaired) electrons. The molecule has 0 spiro atoms. The Morgan fingerprint density at radius 1 is 1.53 bits per heavy atom. The van der Waals surface area contributed by atoms with Crippen molar-refractivity contribution in [3.8, 4) is 6.07 Å². The molecule has 0 bridgehead atoms. The number of hydrogen-bond donors (Lipinski definition) is 1. The lowest BCUT2D eigenvalue weighted by molar-refractivity contribution is 0.228. The standard InChI is InChI=1S/C11H11N3O/c12-6-10-8-14(10)11(15)13-7-9-4-2-1-3-5-9/h1-5,10H,7-8H2,(H,13,15). The van der Waals surface area contributed by atoms with Crippen LogP contribution in [0.2, 0.25) is 0 Å².